The van der Waals surface area contributed by atoms with Crippen LogP contribution in [0.3, 0.4) is 0 Å². The molecule has 3 aromatic carbocycles. The Labute approximate surface area is 173 Å². The zero-order chi connectivity index (χ0) is 20.8. The monoisotopic (exact) mass is 409 g/mol. The smallest absolute Gasteiger partial charge is 0.337 e. The SMILES string of the molecule is O=C(CCc1ccc(-c2ccc(CO)cc2)cc1)Nc1cc(Cl)ccc1C(=O)O. The van der Waals surface area contributed by atoms with E-state index in [9.17, 15) is 14.7 Å². The van der Waals surface area contributed by atoms with E-state index in [-0.39, 0.29) is 30.2 Å². The van der Waals surface area contributed by atoms with E-state index < -0.39 is 5.97 Å². The van der Waals surface area contributed by atoms with E-state index in [2.05, 4.69) is 5.32 Å². The highest BCUT2D eigenvalue weighted by molar-refractivity contribution is 6.31. The van der Waals surface area contributed by atoms with Crippen molar-refractivity contribution in [2.75, 3.05) is 5.32 Å². The first kappa shape index (κ1) is 20.6. The summed E-state index contributed by atoms with van der Waals surface area (Å²) >= 11 is 5.90. The Morgan fingerprint density at radius 3 is 2.00 bits per heavy atom. The topological polar surface area (TPSA) is 86.6 Å². The molecule has 0 atom stereocenters. The molecule has 148 valence electrons. The number of halogens is 1. The molecule has 0 saturated carbocycles. The van der Waals surface area contributed by atoms with Crippen LogP contribution in [0.5, 0.6) is 0 Å². The zero-order valence-electron chi connectivity index (χ0n) is 15.6. The number of carboxylic acids is 1. The number of anilines is 1. The summed E-state index contributed by atoms with van der Waals surface area (Å²) < 4.78 is 0. The van der Waals surface area contributed by atoms with Crippen molar-refractivity contribution in [2.45, 2.75) is 19.4 Å². The van der Waals surface area contributed by atoms with E-state index >= 15 is 0 Å². The van der Waals surface area contributed by atoms with Crippen LogP contribution in [-0.4, -0.2) is 22.1 Å². The summed E-state index contributed by atoms with van der Waals surface area (Å²) in [5, 5.41) is 21.3. The molecule has 0 aromatic heterocycles. The minimum Gasteiger partial charge on any atom is -0.478 e. The van der Waals surface area contributed by atoms with Crippen molar-refractivity contribution in [1.29, 1.82) is 0 Å². The van der Waals surface area contributed by atoms with Crippen molar-refractivity contribution in [3.63, 3.8) is 0 Å². The zero-order valence-corrected chi connectivity index (χ0v) is 16.3. The molecule has 3 rings (SSSR count). The number of aromatic carboxylic acids is 1. The molecular weight excluding hydrogens is 390 g/mol. The Hall–Kier alpha value is -3.15. The van der Waals surface area contributed by atoms with Crippen LogP contribution in [0.15, 0.2) is 66.7 Å². The molecule has 0 fully saturated rings. The molecule has 0 aliphatic carbocycles. The van der Waals surface area contributed by atoms with Crippen molar-refractivity contribution < 1.29 is 19.8 Å². The molecule has 29 heavy (non-hydrogen) atoms. The number of amides is 1. The van der Waals surface area contributed by atoms with Gasteiger partial charge in [-0.25, -0.2) is 4.79 Å². The van der Waals surface area contributed by atoms with Gasteiger partial charge in [-0.05, 0) is 46.9 Å². The number of aliphatic hydroxyl groups is 1. The Bertz CT molecular complexity index is 1010. The number of hydrogen-bond acceptors (Lipinski definition) is 3. The van der Waals surface area contributed by atoms with E-state index in [4.69, 9.17) is 16.7 Å². The summed E-state index contributed by atoms with van der Waals surface area (Å²) in [4.78, 5) is 23.5. The van der Waals surface area contributed by atoms with Gasteiger partial charge in [-0.3, -0.25) is 4.79 Å². The quantitative estimate of drug-likeness (QED) is 0.524. The van der Waals surface area contributed by atoms with E-state index in [1.165, 1.54) is 18.2 Å². The van der Waals surface area contributed by atoms with Gasteiger partial charge in [0.25, 0.3) is 0 Å². The third kappa shape index (κ3) is 5.44. The average Bonchev–Trinajstić information content (AvgIpc) is 2.72. The van der Waals surface area contributed by atoms with Gasteiger partial charge >= 0.3 is 5.97 Å². The van der Waals surface area contributed by atoms with Gasteiger partial charge in [-0.15, -0.1) is 0 Å². The lowest BCUT2D eigenvalue weighted by Gasteiger charge is -2.09. The van der Waals surface area contributed by atoms with E-state index in [1.54, 1.807) is 0 Å². The molecule has 3 N–H and O–H groups in total. The van der Waals surface area contributed by atoms with Gasteiger partial charge in [0, 0.05) is 11.4 Å². The number of carboxylic acid groups (broad SMARTS) is 1. The molecule has 0 unspecified atom stereocenters. The van der Waals surface area contributed by atoms with Crippen LogP contribution < -0.4 is 5.32 Å². The Morgan fingerprint density at radius 1 is 0.862 bits per heavy atom. The molecule has 0 spiro atoms. The molecule has 1 amide bonds. The Kier molecular flexibility index (Phi) is 6.65. The van der Waals surface area contributed by atoms with Crippen molar-refractivity contribution in [1.82, 2.24) is 0 Å². The fraction of sp³-hybridized carbons (Fsp3) is 0.130. The maximum atomic E-state index is 12.3. The third-order valence-corrected chi connectivity index (χ3v) is 4.79. The van der Waals surface area contributed by atoms with Gasteiger partial charge in [0.1, 0.15) is 0 Å². The average molecular weight is 410 g/mol. The molecule has 5 nitrogen and oxygen atoms in total. The van der Waals surface area contributed by atoms with E-state index in [1.807, 2.05) is 48.5 Å². The Balaban J connectivity index is 1.61. The van der Waals surface area contributed by atoms with Crippen LogP contribution in [0.1, 0.15) is 27.9 Å². The first-order valence-corrected chi connectivity index (χ1v) is 9.46. The second kappa shape index (κ2) is 9.37. The highest BCUT2D eigenvalue weighted by Crippen LogP contribution is 2.23. The molecular formula is C23H20ClNO4. The normalized spacial score (nSPS) is 10.6. The summed E-state index contributed by atoms with van der Waals surface area (Å²) in [6.45, 7) is 0.0183. The summed E-state index contributed by atoms with van der Waals surface area (Å²) in [7, 11) is 0. The highest BCUT2D eigenvalue weighted by atomic mass is 35.5. The summed E-state index contributed by atoms with van der Waals surface area (Å²) in [6, 6.07) is 19.9. The molecule has 6 heteroatoms. The van der Waals surface area contributed by atoms with Crippen LogP contribution in [0.25, 0.3) is 11.1 Å². The van der Waals surface area contributed by atoms with Crippen LogP contribution in [-0.2, 0) is 17.8 Å². The number of aliphatic hydroxyl groups excluding tert-OH is 1. The van der Waals surface area contributed by atoms with E-state index in [0.29, 0.717) is 11.4 Å². The Morgan fingerprint density at radius 2 is 1.45 bits per heavy atom. The lowest BCUT2D eigenvalue weighted by Crippen LogP contribution is -2.15. The van der Waals surface area contributed by atoms with Crippen LogP contribution >= 0.6 is 11.6 Å². The van der Waals surface area contributed by atoms with Gasteiger partial charge in [0.15, 0.2) is 0 Å². The number of benzene rings is 3. The standard InChI is InChI=1S/C23H20ClNO4/c24-19-10-11-20(23(28)29)21(13-19)25-22(27)12-5-15-1-6-17(7-2-15)18-8-3-16(14-26)4-9-18/h1-4,6-11,13,26H,5,12,14H2,(H,25,27)(H,28,29). The molecule has 0 saturated heterocycles. The summed E-state index contributed by atoms with van der Waals surface area (Å²) in [6.07, 6.45) is 0.745. The third-order valence-electron chi connectivity index (χ3n) is 4.55. The minimum atomic E-state index is -1.13. The number of aryl methyl sites for hydroxylation is 1. The highest BCUT2D eigenvalue weighted by Gasteiger charge is 2.13. The van der Waals surface area contributed by atoms with Crippen molar-refractivity contribution >= 4 is 29.2 Å². The second-order valence-electron chi connectivity index (χ2n) is 6.60. The first-order chi connectivity index (χ1) is 14.0. The number of hydrogen-bond donors (Lipinski definition) is 3. The second-order valence-corrected chi connectivity index (χ2v) is 7.03. The lowest BCUT2D eigenvalue weighted by molar-refractivity contribution is -0.116. The van der Waals surface area contributed by atoms with Crippen LogP contribution in [0.4, 0.5) is 5.69 Å². The summed E-state index contributed by atoms with van der Waals surface area (Å²) in [5.74, 6) is -1.40. The van der Waals surface area contributed by atoms with Crippen LogP contribution in [0.2, 0.25) is 5.02 Å². The molecule has 0 aliphatic rings. The predicted octanol–water partition coefficient (Wildman–Crippen LogP) is 4.77. The molecule has 0 heterocycles. The summed E-state index contributed by atoms with van der Waals surface area (Å²) in [5.41, 5.74) is 4.15. The van der Waals surface area contributed by atoms with Crippen molar-refractivity contribution in [3.8, 4) is 11.1 Å². The maximum Gasteiger partial charge on any atom is 0.337 e. The number of carbonyl (C=O) groups is 2. The molecule has 3 aromatic rings. The molecule has 0 bridgehead atoms. The van der Waals surface area contributed by atoms with Crippen molar-refractivity contribution in [2.24, 2.45) is 0 Å². The van der Waals surface area contributed by atoms with Gasteiger partial charge in [-0.1, -0.05) is 60.1 Å². The lowest BCUT2D eigenvalue weighted by atomic mass is 10.0. The van der Waals surface area contributed by atoms with Gasteiger partial charge in [-0.2, -0.15) is 0 Å². The maximum absolute atomic E-state index is 12.3. The number of nitrogens with one attached hydrogen (secondary N) is 1. The fourth-order valence-corrected chi connectivity index (χ4v) is 3.12. The van der Waals surface area contributed by atoms with Crippen molar-refractivity contribution in [3.05, 3.63) is 88.4 Å². The number of carbonyl (C=O) groups excluding carboxylic acids is 1. The molecule has 0 radical (unpaired) electrons. The van der Waals surface area contributed by atoms with E-state index in [0.717, 1.165) is 22.3 Å². The first-order valence-electron chi connectivity index (χ1n) is 9.08. The van der Waals surface area contributed by atoms with Gasteiger partial charge < -0.3 is 15.5 Å². The minimum absolute atomic E-state index is 0.000630. The van der Waals surface area contributed by atoms with Crippen LogP contribution in [0, 0.1) is 0 Å². The number of rotatable bonds is 7. The fourth-order valence-electron chi connectivity index (χ4n) is 2.94. The van der Waals surface area contributed by atoms with Gasteiger partial charge in [0.2, 0.25) is 5.91 Å². The van der Waals surface area contributed by atoms with Gasteiger partial charge in [0.05, 0.1) is 17.9 Å². The molecule has 0 aliphatic heterocycles. The largest absolute Gasteiger partial charge is 0.478 e. The predicted molar refractivity (Wildman–Crippen MR) is 113 cm³/mol.